The van der Waals surface area contributed by atoms with Crippen LogP contribution < -0.4 is 0 Å². The molecule has 4 nitrogen and oxygen atoms in total. The van der Waals surface area contributed by atoms with Crippen LogP contribution in [0.4, 0.5) is 13.2 Å². The summed E-state index contributed by atoms with van der Waals surface area (Å²) >= 11 is 0. The van der Waals surface area contributed by atoms with Crippen molar-refractivity contribution in [3.63, 3.8) is 0 Å². The average molecular weight is 269 g/mol. The van der Waals surface area contributed by atoms with E-state index in [1.807, 2.05) is 0 Å². The maximum absolute atomic E-state index is 13.8. The van der Waals surface area contributed by atoms with E-state index in [1.54, 1.807) is 13.8 Å². The highest BCUT2D eigenvalue weighted by atomic mass is 19.2. The Morgan fingerprint density at radius 2 is 1.89 bits per heavy atom. The predicted molar refractivity (Wildman–Crippen MR) is 61.1 cm³/mol. The summed E-state index contributed by atoms with van der Waals surface area (Å²) in [5, 5.41) is 7.30. The molecule has 0 amide bonds. The van der Waals surface area contributed by atoms with Crippen LogP contribution in [-0.4, -0.2) is 21.3 Å². The molecule has 0 aliphatic carbocycles. The van der Waals surface area contributed by atoms with E-state index < -0.39 is 17.5 Å². The Hall–Kier alpha value is -2.18. The normalized spacial score (nSPS) is 11.1. The largest absolute Gasteiger partial charge is 0.296 e. The standard InChI is InChI=1S/C12H10F3N3O/c1-6(2)18-12(9(5-19)16-17-18)7-3-4-8(13)11(15)10(7)14/h3-6H,1-2H3. The lowest BCUT2D eigenvalue weighted by molar-refractivity contribution is 0.111. The summed E-state index contributed by atoms with van der Waals surface area (Å²) < 4.78 is 41.2. The fourth-order valence-corrected chi connectivity index (χ4v) is 1.72. The highest BCUT2D eigenvalue weighted by Gasteiger charge is 2.22. The third-order valence-corrected chi connectivity index (χ3v) is 2.61. The third kappa shape index (κ3) is 2.11. The zero-order valence-corrected chi connectivity index (χ0v) is 10.2. The third-order valence-electron chi connectivity index (χ3n) is 2.61. The van der Waals surface area contributed by atoms with E-state index in [0.29, 0.717) is 6.29 Å². The van der Waals surface area contributed by atoms with E-state index in [9.17, 15) is 18.0 Å². The molecule has 1 heterocycles. The second-order valence-corrected chi connectivity index (χ2v) is 4.20. The lowest BCUT2D eigenvalue weighted by atomic mass is 10.1. The van der Waals surface area contributed by atoms with Gasteiger partial charge in [0.15, 0.2) is 29.4 Å². The Morgan fingerprint density at radius 1 is 1.21 bits per heavy atom. The van der Waals surface area contributed by atoms with Gasteiger partial charge in [0.1, 0.15) is 5.69 Å². The van der Waals surface area contributed by atoms with Gasteiger partial charge in [-0.3, -0.25) is 4.79 Å². The highest BCUT2D eigenvalue weighted by Crippen LogP contribution is 2.28. The SMILES string of the molecule is CC(C)n1nnc(C=O)c1-c1ccc(F)c(F)c1F. The first-order valence-electron chi connectivity index (χ1n) is 5.51. The molecule has 0 N–H and O–H groups in total. The van der Waals surface area contributed by atoms with Gasteiger partial charge < -0.3 is 0 Å². The van der Waals surface area contributed by atoms with Crippen molar-refractivity contribution in [3.05, 3.63) is 35.3 Å². The van der Waals surface area contributed by atoms with Crippen molar-refractivity contribution in [2.24, 2.45) is 0 Å². The molecule has 2 rings (SSSR count). The first-order valence-corrected chi connectivity index (χ1v) is 5.51. The van der Waals surface area contributed by atoms with Crippen LogP contribution in [0.15, 0.2) is 12.1 Å². The maximum atomic E-state index is 13.8. The van der Waals surface area contributed by atoms with Gasteiger partial charge in [-0.25, -0.2) is 17.9 Å². The minimum Gasteiger partial charge on any atom is -0.296 e. The molecule has 7 heteroatoms. The van der Waals surface area contributed by atoms with Crippen LogP contribution in [0.2, 0.25) is 0 Å². The average Bonchev–Trinajstić information content (AvgIpc) is 2.80. The summed E-state index contributed by atoms with van der Waals surface area (Å²) in [4.78, 5) is 10.9. The van der Waals surface area contributed by atoms with Crippen molar-refractivity contribution >= 4 is 6.29 Å². The van der Waals surface area contributed by atoms with E-state index in [-0.39, 0.29) is 23.0 Å². The second-order valence-electron chi connectivity index (χ2n) is 4.20. The number of hydrogen-bond acceptors (Lipinski definition) is 3. The summed E-state index contributed by atoms with van der Waals surface area (Å²) in [5.74, 6) is -4.25. The lowest BCUT2D eigenvalue weighted by Crippen LogP contribution is -2.07. The lowest BCUT2D eigenvalue weighted by Gasteiger charge is -2.11. The van der Waals surface area contributed by atoms with Crippen molar-refractivity contribution in [1.29, 1.82) is 0 Å². The topological polar surface area (TPSA) is 47.8 Å². The molecule has 0 saturated heterocycles. The van der Waals surface area contributed by atoms with E-state index in [4.69, 9.17) is 0 Å². The van der Waals surface area contributed by atoms with E-state index in [2.05, 4.69) is 10.3 Å². The molecule has 0 fully saturated rings. The number of aldehydes is 1. The van der Waals surface area contributed by atoms with Gasteiger partial charge in [-0.05, 0) is 26.0 Å². The molecule has 0 radical (unpaired) electrons. The van der Waals surface area contributed by atoms with Crippen LogP contribution in [0.5, 0.6) is 0 Å². The molecule has 0 atom stereocenters. The van der Waals surface area contributed by atoms with Gasteiger partial charge in [-0.2, -0.15) is 0 Å². The number of carbonyl (C=O) groups is 1. The first-order chi connectivity index (χ1) is 8.97. The summed E-state index contributed by atoms with van der Waals surface area (Å²) in [7, 11) is 0. The number of halogens is 3. The van der Waals surface area contributed by atoms with Crippen molar-refractivity contribution in [1.82, 2.24) is 15.0 Å². The molecule has 0 bridgehead atoms. The molecule has 1 aromatic carbocycles. The molecule has 0 spiro atoms. The molecular formula is C12H10F3N3O. The van der Waals surface area contributed by atoms with Gasteiger partial charge in [-0.1, -0.05) is 5.21 Å². The van der Waals surface area contributed by atoms with Gasteiger partial charge in [-0.15, -0.1) is 5.10 Å². The van der Waals surface area contributed by atoms with Gasteiger partial charge in [0, 0.05) is 11.6 Å². The zero-order valence-electron chi connectivity index (χ0n) is 10.2. The quantitative estimate of drug-likeness (QED) is 0.636. The number of benzene rings is 1. The van der Waals surface area contributed by atoms with Crippen LogP contribution in [0.25, 0.3) is 11.3 Å². The Morgan fingerprint density at radius 3 is 2.47 bits per heavy atom. The summed E-state index contributed by atoms with van der Waals surface area (Å²) in [6.07, 6.45) is 0.391. The number of hydrogen-bond donors (Lipinski definition) is 0. The molecule has 0 saturated carbocycles. The van der Waals surface area contributed by atoms with Gasteiger partial charge in [0.25, 0.3) is 0 Å². The molecule has 0 aliphatic heterocycles. The molecular weight excluding hydrogens is 259 g/mol. The second kappa shape index (κ2) is 4.83. The number of carbonyl (C=O) groups excluding carboxylic acids is 1. The molecule has 100 valence electrons. The van der Waals surface area contributed by atoms with E-state index in [1.165, 1.54) is 4.68 Å². The van der Waals surface area contributed by atoms with Crippen LogP contribution in [0, 0.1) is 17.5 Å². The Bertz CT molecular complexity index is 637. The smallest absolute Gasteiger partial charge is 0.195 e. The van der Waals surface area contributed by atoms with E-state index in [0.717, 1.165) is 12.1 Å². The van der Waals surface area contributed by atoms with Crippen molar-refractivity contribution in [3.8, 4) is 11.3 Å². The van der Waals surface area contributed by atoms with Crippen LogP contribution >= 0.6 is 0 Å². The molecule has 19 heavy (non-hydrogen) atoms. The monoisotopic (exact) mass is 269 g/mol. The van der Waals surface area contributed by atoms with Gasteiger partial charge >= 0.3 is 0 Å². The fourth-order valence-electron chi connectivity index (χ4n) is 1.72. The van der Waals surface area contributed by atoms with Crippen LogP contribution in [0.3, 0.4) is 0 Å². The molecule has 2 aromatic rings. The van der Waals surface area contributed by atoms with Crippen molar-refractivity contribution in [2.45, 2.75) is 19.9 Å². The Labute approximate surface area is 106 Å². The Kier molecular flexibility index (Phi) is 3.37. The number of rotatable bonds is 3. The first kappa shape index (κ1) is 13.3. The molecule has 0 aliphatic rings. The minimum absolute atomic E-state index is 0.0291. The molecule has 0 unspecified atom stereocenters. The fraction of sp³-hybridized carbons (Fsp3) is 0.250. The minimum atomic E-state index is -1.59. The predicted octanol–water partition coefficient (Wildman–Crippen LogP) is 2.76. The van der Waals surface area contributed by atoms with E-state index >= 15 is 0 Å². The van der Waals surface area contributed by atoms with Gasteiger partial charge in [0.2, 0.25) is 0 Å². The van der Waals surface area contributed by atoms with Gasteiger partial charge in [0.05, 0.1) is 0 Å². The summed E-state index contributed by atoms with van der Waals surface area (Å²) in [5.41, 5.74) is -0.347. The molecule has 1 aromatic heterocycles. The number of nitrogens with zero attached hydrogens (tertiary/aromatic N) is 3. The Balaban J connectivity index is 2.74. The number of aromatic nitrogens is 3. The summed E-state index contributed by atoms with van der Waals surface area (Å²) in [6, 6.07) is 1.63. The summed E-state index contributed by atoms with van der Waals surface area (Å²) in [6.45, 7) is 3.48. The van der Waals surface area contributed by atoms with Crippen LogP contribution in [-0.2, 0) is 0 Å². The highest BCUT2D eigenvalue weighted by molar-refractivity contribution is 5.83. The van der Waals surface area contributed by atoms with Crippen LogP contribution in [0.1, 0.15) is 30.4 Å². The van der Waals surface area contributed by atoms with Crippen molar-refractivity contribution in [2.75, 3.05) is 0 Å². The zero-order chi connectivity index (χ0) is 14.2. The maximum Gasteiger partial charge on any atom is 0.195 e. The van der Waals surface area contributed by atoms with Crippen molar-refractivity contribution < 1.29 is 18.0 Å².